The maximum Gasteiger partial charge on any atom is 0.0957 e. The topological polar surface area (TPSA) is 15.6 Å². The monoisotopic (exact) mass is 310 g/mol. The van der Waals surface area contributed by atoms with Gasteiger partial charge in [-0.2, -0.15) is 0 Å². The molecule has 0 amide bonds. The van der Waals surface area contributed by atoms with Crippen LogP contribution in [0.2, 0.25) is 0 Å². The molecule has 0 rings (SSSR count). The van der Waals surface area contributed by atoms with Crippen molar-refractivity contribution in [2.75, 3.05) is 19.6 Å². The molecule has 0 fully saturated rings. The Morgan fingerprint density at radius 3 is 1.45 bits per heavy atom. The average molecular weight is 311 g/mol. The van der Waals surface area contributed by atoms with E-state index in [4.69, 9.17) is 4.99 Å². The molecule has 132 valence electrons. The fraction of sp³-hybridized carbons (Fsp3) is 0.950. The van der Waals surface area contributed by atoms with Crippen molar-refractivity contribution < 1.29 is 0 Å². The van der Waals surface area contributed by atoms with Crippen LogP contribution >= 0.6 is 0 Å². The lowest BCUT2D eigenvalue weighted by atomic mass is 10.1. The third kappa shape index (κ3) is 13.2. The van der Waals surface area contributed by atoms with Gasteiger partial charge in [-0.25, -0.2) is 0 Å². The number of hydrogen-bond acceptors (Lipinski definition) is 1. The molecular formula is C20H42N2. The second kappa shape index (κ2) is 16.8. The third-order valence-corrected chi connectivity index (χ3v) is 4.57. The summed E-state index contributed by atoms with van der Waals surface area (Å²) in [5.41, 5.74) is 0. The van der Waals surface area contributed by atoms with Gasteiger partial charge in [-0.05, 0) is 27.2 Å². The van der Waals surface area contributed by atoms with E-state index < -0.39 is 0 Å². The van der Waals surface area contributed by atoms with Crippen molar-refractivity contribution in [1.82, 2.24) is 4.90 Å². The highest BCUT2D eigenvalue weighted by molar-refractivity contribution is 5.79. The molecule has 0 aromatic rings. The van der Waals surface area contributed by atoms with Gasteiger partial charge in [0.1, 0.15) is 0 Å². The fourth-order valence-electron chi connectivity index (χ4n) is 2.97. The molecule has 0 atom stereocenters. The SMILES string of the molecule is CCCCCCCCCCCCCCN=C(C)N(CC)CC. The van der Waals surface area contributed by atoms with Gasteiger partial charge in [-0.1, -0.05) is 77.6 Å². The summed E-state index contributed by atoms with van der Waals surface area (Å²) in [5, 5.41) is 0. The Labute approximate surface area is 140 Å². The summed E-state index contributed by atoms with van der Waals surface area (Å²) in [4.78, 5) is 7.03. The summed E-state index contributed by atoms with van der Waals surface area (Å²) in [6, 6.07) is 0. The minimum atomic E-state index is 1.01. The standard InChI is InChI=1S/C20H42N2/c1-5-8-9-10-11-12-13-14-15-16-17-18-19-21-20(4)22(6-2)7-3/h5-19H2,1-4H3. The molecule has 0 aromatic heterocycles. The molecule has 0 saturated heterocycles. The second-order valence-corrected chi connectivity index (χ2v) is 6.49. The lowest BCUT2D eigenvalue weighted by Gasteiger charge is -2.20. The Morgan fingerprint density at radius 1 is 0.636 bits per heavy atom. The average Bonchev–Trinajstić information content (AvgIpc) is 2.53. The molecule has 0 heterocycles. The van der Waals surface area contributed by atoms with E-state index in [1.165, 1.54) is 82.9 Å². The normalized spacial score (nSPS) is 11.9. The maximum absolute atomic E-state index is 4.69. The van der Waals surface area contributed by atoms with Gasteiger partial charge >= 0.3 is 0 Å². The molecule has 0 spiro atoms. The minimum Gasteiger partial charge on any atom is -0.361 e. The Bertz CT molecular complexity index is 244. The number of unbranched alkanes of at least 4 members (excludes halogenated alkanes) is 11. The van der Waals surface area contributed by atoms with Crippen LogP contribution in [-0.2, 0) is 0 Å². The summed E-state index contributed by atoms with van der Waals surface area (Å²) in [5.74, 6) is 1.22. The molecule has 0 radical (unpaired) electrons. The van der Waals surface area contributed by atoms with Crippen molar-refractivity contribution in [3.8, 4) is 0 Å². The predicted molar refractivity (Wildman–Crippen MR) is 102 cm³/mol. The van der Waals surface area contributed by atoms with Gasteiger partial charge in [0.25, 0.3) is 0 Å². The van der Waals surface area contributed by atoms with Crippen LogP contribution in [0.25, 0.3) is 0 Å². The maximum atomic E-state index is 4.69. The van der Waals surface area contributed by atoms with Crippen LogP contribution in [0.15, 0.2) is 4.99 Å². The van der Waals surface area contributed by atoms with E-state index in [1.54, 1.807) is 0 Å². The van der Waals surface area contributed by atoms with E-state index in [9.17, 15) is 0 Å². The van der Waals surface area contributed by atoms with Crippen LogP contribution in [-0.4, -0.2) is 30.4 Å². The molecule has 2 heteroatoms. The first-order chi connectivity index (χ1) is 10.8. The van der Waals surface area contributed by atoms with Crippen LogP contribution in [0.5, 0.6) is 0 Å². The first-order valence-corrected chi connectivity index (χ1v) is 10.0. The summed E-state index contributed by atoms with van der Waals surface area (Å²) in [7, 11) is 0. The van der Waals surface area contributed by atoms with Gasteiger partial charge in [0.05, 0.1) is 5.84 Å². The van der Waals surface area contributed by atoms with Gasteiger partial charge < -0.3 is 4.90 Å². The van der Waals surface area contributed by atoms with Gasteiger partial charge in [0.15, 0.2) is 0 Å². The number of hydrogen-bond donors (Lipinski definition) is 0. The number of rotatable bonds is 15. The van der Waals surface area contributed by atoms with Crippen molar-refractivity contribution in [1.29, 1.82) is 0 Å². The molecule has 0 aromatic carbocycles. The fourth-order valence-corrected chi connectivity index (χ4v) is 2.97. The molecule has 0 unspecified atom stereocenters. The van der Waals surface area contributed by atoms with E-state index >= 15 is 0 Å². The lowest BCUT2D eigenvalue weighted by Crippen LogP contribution is -2.28. The molecule has 22 heavy (non-hydrogen) atoms. The minimum absolute atomic E-state index is 1.01. The van der Waals surface area contributed by atoms with Crippen LogP contribution < -0.4 is 0 Å². The van der Waals surface area contributed by atoms with E-state index in [0.29, 0.717) is 0 Å². The first-order valence-electron chi connectivity index (χ1n) is 10.0. The zero-order chi connectivity index (χ0) is 16.5. The van der Waals surface area contributed by atoms with Gasteiger partial charge in [-0.15, -0.1) is 0 Å². The Kier molecular flexibility index (Phi) is 16.4. The summed E-state index contributed by atoms with van der Waals surface area (Å²) in [6.07, 6.45) is 16.9. The number of nitrogens with zero attached hydrogens (tertiary/aromatic N) is 2. The summed E-state index contributed by atoms with van der Waals surface area (Å²) >= 11 is 0. The van der Waals surface area contributed by atoms with Crippen molar-refractivity contribution in [2.45, 2.75) is 105 Å². The Morgan fingerprint density at radius 2 is 1.05 bits per heavy atom. The third-order valence-electron chi connectivity index (χ3n) is 4.57. The number of amidine groups is 1. The summed E-state index contributed by atoms with van der Waals surface area (Å²) < 4.78 is 0. The van der Waals surface area contributed by atoms with Crippen molar-refractivity contribution in [3.63, 3.8) is 0 Å². The summed E-state index contributed by atoms with van der Waals surface area (Å²) in [6.45, 7) is 12.0. The van der Waals surface area contributed by atoms with Crippen LogP contribution in [0.4, 0.5) is 0 Å². The van der Waals surface area contributed by atoms with E-state index in [-0.39, 0.29) is 0 Å². The highest BCUT2D eigenvalue weighted by Gasteiger charge is 1.99. The Balaban J connectivity index is 3.28. The highest BCUT2D eigenvalue weighted by atomic mass is 15.2. The molecule has 0 aliphatic heterocycles. The zero-order valence-electron chi connectivity index (χ0n) is 16.0. The van der Waals surface area contributed by atoms with Crippen molar-refractivity contribution >= 4 is 5.84 Å². The molecule has 0 saturated carbocycles. The van der Waals surface area contributed by atoms with Crippen LogP contribution in [0, 0.1) is 0 Å². The van der Waals surface area contributed by atoms with E-state index in [0.717, 1.165) is 19.6 Å². The molecular weight excluding hydrogens is 268 g/mol. The van der Waals surface area contributed by atoms with Crippen LogP contribution in [0.1, 0.15) is 105 Å². The van der Waals surface area contributed by atoms with E-state index in [2.05, 4.69) is 32.6 Å². The van der Waals surface area contributed by atoms with Crippen molar-refractivity contribution in [3.05, 3.63) is 0 Å². The highest BCUT2D eigenvalue weighted by Crippen LogP contribution is 2.11. The quantitative estimate of drug-likeness (QED) is 0.193. The van der Waals surface area contributed by atoms with E-state index in [1.807, 2.05) is 0 Å². The van der Waals surface area contributed by atoms with Gasteiger partial charge in [0.2, 0.25) is 0 Å². The largest absolute Gasteiger partial charge is 0.361 e. The van der Waals surface area contributed by atoms with Gasteiger partial charge in [0, 0.05) is 19.6 Å². The molecule has 2 nitrogen and oxygen atoms in total. The number of aliphatic imine (C=N–C) groups is 1. The second-order valence-electron chi connectivity index (χ2n) is 6.49. The predicted octanol–water partition coefficient (Wildman–Crippen LogP) is 6.45. The molecule has 0 N–H and O–H groups in total. The zero-order valence-corrected chi connectivity index (χ0v) is 16.0. The lowest BCUT2D eigenvalue weighted by molar-refractivity contribution is 0.460. The smallest absolute Gasteiger partial charge is 0.0957 e. The molecule has 0 aliphatic carbocycles. The Hall–Kier alpha value is -0.530. The van der Waals surface area contributed by atoms with Crippen LogP contribution in [0.3, 0.4) is 0 Å². The first kappa shape index (κ1) is 21.5. The molecule has 0 bridgehead atoms. The van der Waals surface area contributed by atoms with Crippen molar-refractivity contribution in [2.24, 2.45) is 4.99 Å². The molecule has 0 aliphatic rings. The van der Waals surface area contributed by atoms with Gasteiger partial charge in [-0.3, -0.25) is 4.99 Å².